The van der Waals surface area contributed by atoms with E-state index in [4.69, 9.17) is 10.8 Å². The minimum Gasteiger partial charge on any atom is -0.395 e. The summed E-state index contributed by atoms with van der Waals surface area (Å²) in [7, 11) is 1.73. The van der Waals surface area contributed by atoms with Gasteiger partial charge in [0.2, 0.25) is 0 Å². The first kappa shape index (κ1) is 10.7. The van der Waals surface area contributed by atoms with Crippen LogP contribution in [0.4, 0.5) is 0 Å². The van der Waals surface area contributed by atoms with Crippen molar-refractivity contribution in [2.24, 2.45) is 12.8 Å². The molecule has 6 nitrogen and oxygen atoms in total. The van der Waals surface area contributed by atoms with Crippen LogP contribution < -0.4 is 11.1 Å². The summed E-state index contributed by atoms with van der Waals surface area (Å²) in [5, 5.41) is 11.5. The maximum atomic E-state index is 10.8. The predicted octanol–water partition coefficient (Wildman–Crippen LogP) is -1.40. The van der Waals surface area contributed by atoms with Gasteiger partial charge in [0, 0.05) is 20.1 Å². The number of imidazole rings is 1. The molecule has 0 spiro atoms. The fourth-order valence-corrected chi connectivity index (χ4v) is 1.13. The topological polar surface area (TPSA) is 93.2 Å². The number of primary amides is 1. The molecule has 0 aromatic carbocycles. The molecule has 0 unspecified atom stereocenters. The Bertz CT molecular complexity index is 321. The Labute approximate surface area is 81.7 Å². The van der Waals surface area contributed by atoms with Gasteiger partial charge in [0.25, 0.3) is 5.91 Å². The number of aromatic nitrogens is 2. The summed E-state index contributed by atoms with van der Waals surface area (Å²) in [4.78, 5) is 14.7. The van der Waals surface area contributed by atoms with Crippen molar-refractivity contribution in [1.82, 2.24) is 14.9 Å². The van der Waals surface area contributed by atoms with Crippen LogP contribution in [0.5, 0.6) is 0 Å². The van der Waals surface area contributed by atoms with Crippen molar-refractivity contribution in [1.29, 1.82) is 0 Å². The average Bonchev–Trinajstić information content (AvgIpc) is 2.48. The smallest absolute Gasteiger partial charge is 0.284 e. The summed E-state index contributed by atoms with van der Waals surface area (Å²) < 4.78 is 1.63. The van der Waals surface area contributed by atoms with Crippen molar-refractivity contribution in [3.8, 4) is 0 Å². The molecule has 1 amide bonds. The number of carbonyl (C=O) groups is 1. The van der Waals surface area contributed by atoms with E-state index in [0.717, 1.165) is 5.69 Å². The zero-order valence-corrected chi connectivity index (χ0v) is 8.03. The lowest BCUT2D eigenvalue weighted by Gasteiger charge is -2.04. The van der Waals surface area contributed by atoms with Crippen LogP contribution in [-0.2, 0) is 13.6 Å². The fourth-order valence-electron chi connectivity index (χ4n) is 1.13. The van der Waals surface area contributed by atoms with E-state index in [-0.39, 0.29) is 12.4 Å². The van der Waals surface area contributed by atoms with Crippen molar-refractivity contribution in [2.45, 2.75) is 6.54 Å². The number of amides is 1. The zero-order chi connectivity index (χ0) is 10.6. The Morgan fingerprint density at radius 1 is 1.79 bits per heavy atom. The minimum atomic E-state index is -0.541. The third kappa shape index (κ3) is 2.30. The molecular weight excluding hydrogens is 184 g/mol. The predicted molar refractivity (Wildman–Crippen MR) is 50.5 cm³/mol. The molecule has 0 bridgehead atoms. The number of hydrogen-bond acceptors (Lipinski definition) is 4. The number of hydrogen-bond donors (Lipinski definition) is 3. The third-order valence-corrected chi connectivity index (χ3v) is 1.90. The Kier molecular flexibility index (Phi) is 3.61. The summed E-state index contributed by atoms with van der Waals surface area (Å²) >= 11 is 0. The van der Waals surface area contributed by atoms with Crippen LogP contribution in [0.25, 0.3) is 0 Å². The van der Waals surface area contributed by atoms with Gasteiger partial charge in [0.15, 0.2) is 5.82 Å². The number of nitrogens with zero attached hydrogens (tertiary/aromatic N) is 2. The molecule has 4 N–H and O–H groups in total. The van der Waals surface area contributed by atoms with E-state index in [0.29, 0.717) is 13.1 Å². The Morgan fingerprint density at radius 3 is 3.00 bits per heavy atom. The van der Waals surface area contributed by atoms with E-state index in [1.807, 2.05) is 0 Å². The summed E-state index contributed by atoms with van der Waals surface area (Å²) in [5.74, 6) is -0.299. The first-order chi connectivity index (χ1) is 6.66. The van der Waals surface area contributed by atoms with Gasteiger partial charge < -0.3 is 20.7 Å². The van der Waals surface area contributed by atoms with Crippen molar-refractivity contribution in [3.05, 3.63) is 17.7 Å². The molecule has 0 atom stereocenters. The van der Waals surface area contributed by atoms with Crippen LogP contribution in [0.2, 0.25) is 0 Å². The molecule has 14 heavy (non-hydrogen) atoms. The first-order valence-corrected chi connectivity index (χ1v) is 4.28. The lowest BCUT2D eigenvalue weighted by molar-refractivity contribution is 0.0987. The monoisotopic (exact) mass is 198 g/mol. The third-order valence-electron chi connectivity index (χ3n) is 1.90. The number of nitrogens with one attached hydrogen (secondary N) is 1. The molecule has 0 aliphatic carbocycles. The highest BCUT2D eigenvalue weighted by molar-refractivity contribution is 5.89. The van der Waals surface area contributed by atoms with Gasteiger partial charge in [-0.25, -0.2) is 4.98 Å². The Hall–Kier alpha value is -1.40. The second-order valence-corrected chi connectivity index (χ2v) is 2.90. The largest absolute Gasteiger partial charge is 0.395 e. The molecule has 0 fully saturated rings. The van der Waals surface area contributed by atoms with E-state index < -0.39 is 5.91 Å². The van der Waals surface area contributed by atoms with Crippen LogP contribution in [0.3, 0.4) is 0 Å². The van der Waals surface area contributed by atoms with Crippen LogP contribution in [0.1, 0.15) is 16.3 Å². The molecular formula is C8H14N4O2. The normalized spacial score (nSPS) is 10.4. The maximum absolute atomic E-state index is 10.8. The highest BCUT2D eigenvalue weighted by Gasteiger charge is 2.10. The molecule has 6 heteroatoms. The second-order valence-electron chi connectivity index (χ2n) is 2.90. The van der Waals surface area contributed by atoms with Crippen molar-refractivity contribution in [3.63, 3.8) is 0 Å². The number of aliphatic hydroxyl groups is 1. The molecule has 0 aliphatic heterocycles. The highest BCUT2D eigenvalue weighted by atomic mass is 16.3. The summed E-state index contributed by atoms with van der Waals surface area (Å²) in [5.41, 5.74) is 5.95. The second kappa shape index (κ2) is 4.73. The standard InChI is InChI=1S/C8H14N4O2/c1-12-6(4-10-2-3-13)5-11-8(12)7(9)14/h5,10,13H,2-4H2,1H3,(H2,9,14). The van der Waals surface area contributed by atoms with E-state index in [9.17, 15) is 4.79 Å². The van der Waals surface area contributed by atoms with E-state index in [2.05, 4.69) is 10.3 Å². The van der Waals surface area contributed by atoms with E-state index in [1.54, 1.807) is 17.8 Å². The summed E-state index contributed by atoms with van der Waals surface area (Å²) in [6, 6.07) is 0. The van der Waals surface area contributed by atoms with Crippen LogP contribution in [0.15, 0.2) is 6.20 Å². The van der Waals surface area contributed by atoms with Gasteiger partial charge in [0.1, 0.15) is 0 Å². The Balaban J connectivity index is 2.65. The van der Waals surface area contributed by atoms with Gasteiger partial charge in [-0.1, -0.05) is 0 Å². The van der Waals surface area contributed by atoms with Gasteiger partial charge in [-0.05, 0) is 0 Å². The molecule has 0 radical (unpaired) electrons. The van der Waals surface area contributed by atoms with Gasteiger partial charge in [-0.15, -0.1) is 0 Å². The SMILES string of the molecule is Cn1c(CNCCO)cnc1C(N)=O. The number of nitrogens with two attached hydrogens (primary N) is 1. The quantitative estimate of drug-likeness (QED) is 0.507. The van der Waals surface area contributed by atoms with Gasteiger partial charge >= 0.3 is 0 Å². The zero-order valence-electron chi connectivity index (χ0n) is 8.03. The Morgan fingerprint density at radius 2 is 2.50 bits per heavy atom. The van der Waals surface area contributed by atoms with E-state index >= 15 is 0 Å². The molecule has 1 aromatic rings. The molecule has 1 heterocycles. The molecule has 78 valence electrons. The molecule has 1 aromatic heterocycles. The summed E-state index contributed by atoms with van der Waals surface area (Å²) in [6.45, 7) is 1.15. The maximum Gasteiger partial charge on any atom is 0.284 e. The summed E-state index contributed by atoms with van der Waals surface area (Å²) in [6.07, 6.45) is 1.59. The van der Waals surface area contributed by atoms with Gasteiger partial charge in [-0.2, -0.15) is 0 Å². The van der Waals surface area contributed by atoms with Gasteiger partial charge in [-0.3, -0.25) is 4.79 Å². The van der Waals surface area contributed by atoms with Crippen LogP contribution >= 0.6 is 0 Å². The van der Waals surface area contributed by atoms with Crippen molar-refractivity contribution in [2.75, 3.05) is 13.2 Å². The van der Waals surface area contributed by atoms with Crippen molar-refractivity contribution >= 4 is 5.91 Å². The molecule has 1 rings (SSSR count). The molecule has 0 saturated carbocycles. The minimum absolute atomic E-state index is 0.0839. The highest BCUT2D eigenvalue weighted by Crippen LogP contribution is 2.01. The number of carbonyl (C=O) groups excluding carboxylic acids is 1. The average molecular weight is 198 g/mol. The fraction of sp³-hybridized carbons (Fsp3) is 0.500. The lowest BCUT2D eigenvalue weighted by Crippen LogP contribution is -2.21. The van der Waals surface area contributed by atoms with E-state index in [1.165, 1.54) is 0 Å². The van der Waals surface area contributed by atoms with Crippen molar-refractivity contribution < 1.29 is 9.90 Å². The number of rotatable bonds is 5. The number of aliphatic hydroxyl groups excluding tert-OH is 1. The first-order valence-electron chi connectivity index (χ1n) is 4.28. The lowest BCUT2D eigenvalue weighted by atomic mass is 10.4. The van der Waals surface area contributed by atoms with Crippen LogP contribution in [-0.4, -0.2) is 33.7 Å². The molecule has 0 saturated heterocycles. The molecule has 0 aliphatic rings. The van der Waals surface area contributed by atoms with Crippen LogP contribution in [0, 0.1) is 0 Å². The van der Waals surface area contributed by atoms with Gasteiger partial charge in [0.05, 0.1) is 18.5 Å².